The number of amides is 1. The summed E-state index contributed by atoms with van der Waals surface area (Å²) in [5, 5.41) is 3.23. The van der Waals surface area contributed by atoms with Crippen molar-refractivity contribution in [3.8, 4) is 0 Å². The smallest absolute Gasteiger partial charge is 0.237 e. The van der Waals surface area contributed by atoms with Crippen molar-refractivity contribution in [3.05, 3.63) is 0 Å². The highest BCUT2D eigenvalue weighted by Crippen LogP contribution is 2.36. The number of likely N-dealkylation sites (tertiary alicyclic amines) is 1. The molecule has 4 nitrogen and oxygen atoms in total. The Morgan fingerprint density at radius 3 is 2.43 bits per heavy atom. The fraction of sp³-hybridized carbons (Fsp3) is 0.941. The predicted octanol–water partition coefficient (Wildman–Crippen LogP) is 2.52. The summed E-state index contributed by atoms with van der Waals surface area (Å²) in [6.45, 7) is 13.0. The first-order valence-corrected chi connectivity index (χ1v) is 8.68. The van der Waals surface area contributed by atoms with Crippen molar-refractivity contribution in [1.82, 2.24) is 10.2 Å². The van der Waals surface area contributed by atoms with Gasteiger partial charge in [-0.2, -0.15) is 0 Å². The van der Waals surface area contributed by atoms with Crippen LogP contribution in [0.1, 0.15) is 66.2 Å². The molecule has 0 spiro atoms. The summed E-state index contributed by atoms with van der Waals surface area (Å²) in [4.78, 5) is 14.2. The molecule has 0 saturated carbocycles. The van der Waals surface area contributed by atoms with Gasteiger partial charge in [-0.1, -0.05) is 20.8 Å². The van der Waals surface area contributed by atoms with Crippen LogP contribution < -0.4 is 11.1 Å². The minimum absolute atomic E-state index is 0.235. The van der Waals surface area contributed by atoms with Gasteiger partial charge in [-0.15, -0.1) is 0 Å². The number of carbonyl (C=O) groups is 1. The first-order valence-electron chi connectivity index (χ1n) is 8.68. The first-order chi connectivity index (χ1) is 9.91. The average Bonchev–Trinajstić information content (AvgIpc) is 2.88. The molecule has 0 aromatic rings. The van der Waals surface area contributed by atoms with Gasteiger partial charge in [0.1, 0.15) is 0 Å². The standard InChI is InChI=1S/C17H35N3O/c1-5-17(6-2)11-13-20(14-17)12-9-8-10-16(4,15(18)21)19-7-3/h19H,5-14H2,1-4H3,(H2,18,21). The summed E-state index contributed by atoms with van der Waals surface area (Å²) in [6.07, 6.45) is 6.96. The Morgan fingerprint density at radius 2 is 1.95 bits per heavy atom. The third kappa shape index (κ3) is 4.96. The van der Waals surface area contributed by atoms with Crippen molar-refractivity contribution in [2.24, 2.45) is 11.1 Å². The van der Waals surface area contributed by atoms with Crippen LogP contribution in [0.4, 0.5) is 0 Å². The number of nitrogens with one attached hydrogen (secondary N) is 1. The lowest BCUT2D eigenvalue weighted by molar-refractivity contribution is -0.124. The zero-order chi connectivity index (χ0) is 15.9. The van der Waals surface area contributed by atoms with E-state index >= 15 is 0 Å². The molecule has 124 valence electrons. The van der Waals surface area contributed by atoms with Crippen LogP contribution in [-0.4, -0.2) is 42.5 Å². The van der Waals surface area contributed by atoms with Crippen molar-refractivity contribution < 1.29 is 4.79 Å². The molecule has 1 rings (SSSR count). The van der Waals surface area contributed by atoms with Crippen LogP contribution in [0.15, 0.2) is 0 Å². The maximum atomic E-state index is 11.6. The minimum Gasteiger partial charge on any atom is -0.368 e. The van der Waals surface area contributed by atoms with Crippen LogP contribution in [0, 0.1) is 5.41 Å². The van der Waals surface area contributed by atoms with Crippen LogP contribution in [0.25, 0.3) is 0 Å². The highest BCUT2D eigenvalue weighted by Gasteiger charge is 2.34. The van der Waals surface area contributed by atoms with E-state index in [0.29, 0.717) is 5.41 Å². The van der Waals surface area contributed by atoms with Crippen molar-refractivity contribution in [1.29, 1.82) is 0 Å². The second kappa shape index (κ2) is 8.14. The van der Waals surface area contributed by atoms with Gasteiger partial charge in [-0.05, 0) is 70.5 Å². The molecule has 0 radical (unpaired) electrons. The molecule has 1 unspecified atom stereocenters. The van der Waals surface area contributed by atoms with Gasteiger partial charge in [-0.3, -0.25) is 4.79 Å². The van der Waals surface area contributed by atoms with Crippen LogP contribution in [0.2, 0.25) is 0 Å². The molecule has 0 bridgehead atoms. The number of hydrogen-bond acceptors (Lipinski definition) is 3. The molecule has 1 atom stereocenters. The average molecular weight is 297 g/mol. The van der Waals surface area contributed by atoms with E-state index in [4.69, 9.17) is 5.73 Å². The lowest BCUT2D eigenvalue weighted by Crippen LogP contribution is -2.53. The molecule has 1 aliphatic heterocycles. The normalized spacial score (nSPS) is 21.3. The number of rotatable bonds is 10. The van der Waals surface area contributed by atoms with Gasteiger partial charge in [0.25, 0.3) is 0 Å². The van der Waals surface area contributed by atoms with Crippen molar-refractivity contribution >= 4 is 5.91 Å². The molecular formula is C17H35N3O. The lowest BCUT2D eigenvalue weighted by Gasteiger charge is -2.28. The second-order valence-corrected chi connectivity index (χ2v) is 6.92. The highest BCUT2D eigenvalue weighted by atomic mass is 16.1. The topological polar surface area (TPSA) is 58.4 Å². The molecule has 0 aromatic carbocycles. The Balaban J connectivity index is 2.30. The molecule has 1 fully saturated rings. The van der Waals surface area contributed by atoms with Gasteiger partial charge in [0.2, 0.25) is 5.91 Å². The van der Waals surface area contributed by atoms with Crippen molar-refractivity contribution in [2.45, 2.75) is 71.8 Å². The number of likely N-dealkylation sites (N-methyl/N-ethyl adjacent to an activating group) is 1. The Kier molecular flexibility index (Phi) is 7.14. The summed E-state index contributed by atoms with van der Waals surface area (Å²) < 4.78 is 0. The number of nitrogens with zero attached hydrogens (tertiary/aromatic N) is 1. The fourth-order valence-corrected chi connectivity index (χ4v) is 3.55. The Bertz CT molecular complexity index is 328. The van der Waals surface area contributed by atoms with Crippen molar-refractivity contribution in [3.63, 3.8) is 0 Å². The van der Waals surface area contributed by atoms with E-state index in [9.17, 15) is 4.79 Å². The van der Waals surface area contributed by atoms with Gasteiger partial charge in [-0.25, -0.2) is 0 Å². The number of unbranched alkanes of at least 4 members (excludes halogenated alkanes) is 1. The van der Waals surface area contributed by atoms with Gasteiger partial charge in [0, 0.05) is 6.54 Å². The van der Waals surface area contributed by atoms with E-state index in [2.05, 4.69) is 24.1 Å². The maximum Gasteiger partial charge on any atom is 0.237 e. The molecule has 0 aromatic heterocycles. The zero-order valence-electron chi connectivity index (χ0n) is 14.5. The molecular weight excluding hydrogens is 262 g/mol. The quantitative estimate of drug-likeness (QED) is 0.609. The maximum absolute atomic E-state index is 11.6. The highest BCUT2D eigenvalue weighted by molar-refractivity contribution is 5.84. The summed E-state index contributed by atoms with van der Waals surface area (Å²) in [5.41, 5.74) is 5.54. The molecule has 4 heteroatoms. The van der Waals surface area contributed by atoms with Gasteiger partial charge in [0.05, 0.1) is 5.54 Å². The van der Waals surface area contributed by atoms with E-state index in [1.165, 1.54) is 32.4 Å². The van der Waals surface area contributed by atoms with E-state index in [-0.39, 0.29) is 5.91 Å². The molecule has 1 amide bonds. The van der Waals surface area contributed by atoms with E-state index in [1.54, 1.807) is 0 Å². The van der Waals surface area contributed by atoms with Crippen LogP contribution >= 0.6 is 0 Å². The zero-order valence-corrected chi connectivity index (χ0v) is 14.5. The Hall–Kier alpha value is -0.610. The van der Waals surface area contributed by atoms with Gasteiger partial charge >= 0.3 is 0 Å². The number of carbonyl (C=O) groups excluding carboxylic acids is 1. The lowest BCUT2D eigenvalue weighted by atomic mass is 9.82. The third-order valence-electron chi connectivity index (χ3n) is 5.53. The second-order valence-electron chi connectivity index (χ2n) is 6.92. The largest absolute Gasteiger partial charge is 0.368 e. The Morgan fingerprint density at radius 1 is 1.29 bits per heavy atom. The molecule has 3 N–H and O–H groups in total. The van der Waals surface area contributed by atoms with Gasteiger partial charge < -0.3 is 16.0 Å². The first kappa shape index (κ1) is 18.4. The molecule has 1 aliphatic rings. The monoisotopic (exact) mass is 297 g/mol. The molecule has 1 saturated heterocycles. The Labute approximate surface area is 130 Å². The van der Waals surface area contributed by atoms with Crippen LogP contribution in [0.5, 0.6) is 0 Å². The summed E-state index contributed by atoms with van der Waals surface area (Å²) in [7, 11) is 0. The van der Waals surface area contributed by atoms with Crippen molar-refractivity contribution in [2.75, 3.05) is 26.2 Å². The summed E-state index contributed by atoms with van der Waals surface area (Å²) in [6, 6.07) is 0. The van der Waals surface area contributed by atoms with Gasteiger partial charge in [0.15, 0.2) is 0 Å². The minimum atomic E-state index is -0.545. The fourth-order valence-electron chi connectivity index (χ4n) is 3.55. The third-order valence-corrected chi connectivity index (χ3v) is 5.53. The van der Waals surface area contributed by atoms with E-state index in [1.807, 2.05) is 13.8 Å². The number of nitrogens with two attached hydrogens (primary N) is 1. The molecule has 1 heterocycles. The number of hydrogen-bond donors (Lipinski definition) is 2. The van der Waals surface area contributed by atoms with Crippen LogP contribution in [-0.2, 0) is 4.79 Å². The number of primary amides is 1. The van der Waals surface area contributed by atoms with Crippen LogP contribution in [0.3, 0.4) is 0 Å². The summed E-state index contributed by atoms with van der Waals surface area (Å²) in [5.74, 6) is -0.235. The predicted molar refractivity (Wildman–Crippen MR) is 89.2 cm³/mol. The summed E-state index contributed by atoms with van der Waals surface area (Å²) >= 11 is 0. The molecule has 21 heavy (non-hydrogen) atoms. The van der Waals surface area contributed by atoms with E-state index < -0.39 is 5.54 Å². The molecule has 0 aliphatic carbocycles. The SMILES string of the molecule is CCNC(C)(CCCCN1CCC(CC)(CC)C1)C(N)=O. The van der Waals surface area contributed by atoms with E-state index in [0.717, 1.165) is 32.4 Å².